The molecular weight excluding hydrogens is 181 g/mol. The van der Waals surface area contributed by atoms with Gasteiger partial charge in [0.1, 0.15) is 6.29 Å². The van der Waals surface area contributed by atoms with E-state index in [1.807, 2.05) is 0 Å². The number of nitrogens with one attached hydrogen (secondary N) is 1. The summed E-state index contributed by atoms with van der Waals surface area (Å²) < 4.78 is 32.2. The molecule has 0 aromatic heterocycles. The minimum atomic E-state index is -4.25. The molecule has 0 atom stereocenters. The van der Waals surface area contributed by atoms with E-state index >= 15 is 0 Å². The molecule has 8 heteroatoms. The van der Waals surface area contributed by atoms with Crippen LogP contribution in [0.5, 0.6) is 0 Å². The Hall–Kier alpha value is 0.0600. The summed E-state index contributed by atoms with van der Waals surface area (Å²) in [5, 5.41) is 0. The minimum absolute atomic E-state index is 0.822. The average Bonchev–Trinajstić information content (AvgIpc) is 1.57. The minimum Gasteiger partial charge on any atom is -0.324 e. The van der Waals surface area contributed by atoms with Crippen molar-refractivity contribution in [3.05, 3.63) is 0 Å². The highest BCUT2D eigenvalue weighted by molar-refractivity contribution is 7.89. The normalized spacial score (nSPS) is 13.5. The van der Waals surface area contributed by atoms with Crippen molar-refractivity contribution in [2.45, 2.75) is 0 Å². The highest BCUT2D eigenvalue weighted by Crippen LogP contribution is 2.32. The van der Waals surface area contributed by atoms with E-state index in [0.29, 0.717) is 0 Å². The second kappa shape index (κ2) is 2.98. The summed E-state index contributed by atoms with van der Waals surface area (Å²) in [6, 6.07) is 0. The molecule has 0 aromatic rings. The van der Waals surface area contributed by atoms with Crippen LogP contribution in [0.4, 0.5) is 0 Å². The molecule has 6 nitrogen and oxygen atoms in total. The first-order valence-electron chi connectivity index (χ1n) is 2.20. The Balaban J connectivity index is 3.92. The summed E-state index contributed by atoms with van der Waals surface area (Å²) in [4.78, 5) is 16.3. The van der Waals surface area contributed by atoms with E-state index < -0.39 is 23.9 Å². The summed E-state index contributed by atoms with van der Waals surface area (Å²) in [5.74, 6) is 0. The summed E-state index contributed by atoms with van der Waals surface area (Å²) in [6.45, 7) is 0. The zero-order valence-corrected chi connectivity index (χ0v) is 6.89. The van der Waals surface area contributed by atoms with Gasteiger partial charge in [-0.15, -0.1) is 0 Å². The molecule has 0 aliphatic rings. The van der Waals surface area contributed by atoms with Gasteiger partial charge in [-0.3, -0.25) is 4.57 Å². The molecule has 62 valence electrons. The largest absolute Gasteiger partial charge is 0.340 e. The van der Waals surface area contributed by atoms with Gasteiger partial charge >= 0.3 is 7.60 Å². The molecule has 0 bridgehead atoms. The van der Waals surface area contributed by atoms with Gasteiger partial charge < -0.3 is 9.79 Å². The smallest absolute Gasteiger partial charge is 0.324 e. The fraction of sp³-hybridized carbons (Fsp3) is 1.00. The molecule has 0 radical (unpaired) electrons. The van der Waals surface area contributed by atoms with Crippen molar-refractivity contribution in [3.8, 4) is 0 Å². The van der Waals surface area contributed by atoms with E-state index in [9.17, 15) is 13.0 Å². The van der Waals surface area contributed by atoms with Gasteiger partial charge in [0.05, 0.1) is 6.26 Å². The average molecular weight is 189 g/mol. The predicted octanol–water partition coefficient (Wildman–Crippen LogP) is -1.33. The van der Waals surface area contributed by atoms with Gasteiger partial charge in [-0.25, -0.2) is 13.1 Å². The van der Waals surface area contributed by atoms with Crippen molar-refractivity contribution in [2.24, 2.45) is 0 Å². The van der Waals surface area contributed by atoms with Crippen LogP contribution in [0.2, 0.25) is 0 Å². The van der Waals surface area contributed by atoms with E-state index in [4.69, 9.17) is 9.79 Å². The molecular formula is C2H8NO5PS. The Morgan fingerprint density at radius 3 is 2.00 bits per heavy atom. The van der Waals surface area contributed by atoms with Crippen molar-refractivity contribution in [3.63, 3.8) is 0 Å². The first-order chi connectivity index (χ1) is 4.21. The van der Waals surface area contributed by atoms with Crippen LogP contribution < -0.4 is 4.72 Å². The fourth-order valence-corrected chi connectivity index (χ4v) is 1.81. The molecule has 0 aliphatic carbocycles. The van der Waals surface area contributed by atoms with Crippen LogP contribution in [0.1, 0.15) is 0 Å². The predicted molar refractivity (Wildman–Crippen MR) is 34.9 cm³/mol. The lowest BCUT2D eigenvalue weighted by Crippen LogP contribution is -2.22. The van der Waals surface area contributed by atoms with Crippen LogP contribution in [-0.2, 0) is 14.6 Å². The molecule has 10 heavy (non-hydrogen) atoms. The highest BCUT2D eigenvalue weighted by Gasteiger charge is 2.14. The van der Waals surface area contributed by atoms with Crippen molar-refractivity contribution in [1.82, 2.24) is 4.72 Å². The van der Waals surface area contributed by atoms with E-state index in [1.165, 1.54) is 0 Å². The van der Waals surface area contributed by atoms with E-state index in [0.717, 1.165) is 6.26 Å². The second-order valence-corrected chi connectivity index (χ2v) is 5.22. The SMILES string of the molecule is CS(=O)(=O)NCP(=O)(O)O. The molecule has 0 heterocycles. The van der Waals surface area contributed by atoms with E-state index in [1.54, 1.807) is 4.72 Å². The first-order valence-corrected chi connectivity index (χ1v) is 5.89. The van der Waals surface area contributed by atoms with Gasteiger partial charge in [-0.05, 0) is 0 Å². The molecule has 0 fully saturated rings. The number of rotatable bonds is 3. The van der Waals surface area contributed by atoms with Gasteiger partial charge in [0.2, 0.25) is 10.0 Å². The Morgan fingerprint density at radius 1 is 1.50 bits per heavy atom. The first kappa shape index (κ1) is 10.1. The summed E-state index contributed by atoms with van der Waals surface area (Å²) in [6.07, 6.45) is -0.0194. The van der Waals surface area contributed by atoms with Crippen LogP contribution in [0.3, 0.4) is 0 Å². The maximum Gasteiger partial charge on any atom is 0.340 e. The number of hydrogen-bond donors (Lipinski definition) is 3. The summed E-state index contributed by atoms with van der Waals surface area (Å²) >= 11 is 0. The molecule has 0 spiro atoms. The van der Waals surface area contributed by atoms with Crippen molar-refractivity contribution in [2.75, 3.05) is 12.5 Å². The lowest BCUT2D eigenvalue weighted by Gasteiger charge is -2.02. The molecule has 0 unspecified atom stereocenters. The zero-order valence-electron chi connectivity index (χ0n) is 5.18. The topological polar surface area (TPSA) is 104 Å². The van der Waals surface area contributed by atoms with Crippen LogP contribution in [0.25, 0.3) is 0 Å². The zero-order chi connectivity index (χ0) is 8.41. The maximum absolute atomic E-state index is 10.2. The maximum atomic E-state index is 10.2. The standard InChI is InChI=1S/C2H8NO5PS/c1-10(7,8)3-2-9(4,5)6/h3H,2H2,1H3,(H2,4,5,6). The van der Waals surface area contributed by atoms with Gasteiger partial charge in [0.15, 0.2) is 0 Å². The molecule has 0 amide bonds. The molecule has 0 saturated carbocycles. The third kappa shape index (κ3) is 8.06. The van der Waals surface area contributed by atoms with E-state index in [-0.39, 0.29) is 0 Å². The van der Waals surface area contributed by atoms with Crippen LogP contribution in [-0.4, -0.2) is 30.7 Å². The lowest BCUT2D eigenvalue weighted by molar-refractivity contribution is 0.371. The Kier molecular flexibility index (Phi) is 3.00. The second-order valence-electron chi connectivity index (χ2n) is 1.74. The molecule has 0 rings (SSSR count). The van der Waals surface area contributed by atoms with Crippen molar-refractivity contribution >= 4 is 17.6 Å². The van der Waals surface area contributed by atoms with Crippen LogP contribution in [0.15, 0.2) is 0 Å². The molecule has 3 N–H and O–H groups in total. The summed E-state index contributed by atoms with van der Waals surface area (Å²) in [5.41, 5.74) is 0. The highest BCUT2D eigenvalue weighted by atomic mass is 32.2. The van der Waals surface area contributed by atoms with Gasteiger partial charge in [-0.2, -0.15) is 0 Å². The Bertz CT molecular complexity index is 238. The van der Waals surface area contributed by atoms with Gasteiger partial charge in [-0.1, -0.05) is 0 Å². The molecule has 0 aromatic carbocycles. The monoisotopic (exact) mass is 189 g/mol. The van der Waals surface area contributed by atoms with Crippen LogP contribution in [0, 0.1) is 0 Å². The molecule has 0 aliphatic heterocycles. The van der Waals surface area contributed by atoms with Crippen molar-refractivity contribution < 1.29 is 22.8 Å². The lowest BCUT2D eigenvalue weighted by atomic mass is 11.5. The fourth-order valence-electron chi connectivity index (χ4n) is 0.201. The molecule has 0 saturated heterocycles. The quantitative estimate of drug-likeness (QED) is 0.477. The summed E-state index contributed by atoms with van der Waals surface area (Å²) in [7, 11) is -7.75. The van der Waals surface area contributed by atoms with Crippen molar-refractivity contribution in [1.29, 1.82) is 0 Å². The Labute approximate surface area is 58.5 Å². The van der Waals surface area contributed by atoms with Gasteiger partial charge in [0.25, 0.3) is 0 Å². The number of hydrogen-bond acceptors (Lipinski definition) is 3. The van der Waals surface area contributed by atoms with Gasteiger partial charge in [0, 0.05) is 0 Å². The third-order valence-electron chi connectivity index (χ3n) is 0.533. The third-order valence-corrected chi connectivity index (χ3v) is 1.99. The van der Waals surface area contributed by atoms with Crippen LogP contribution >= 0.6 is 7.60 Å². The number of sulfonamides is 1. The van der Waals surface area contributed by atoms with E-state index in [2.05, 4.69) is 0 Å². The Morgan fingerprint density at radius 2 is 1.90 bits per heavy atom.